The third-order valence-corrected chi connectivity index (χ3v) is 16.8. The zero-order valence-corrected chi connectivity index (χ0v) is 42.1. The van der Waals surface area contributed by atoms with Crippen molar-refractivity contribution in [2.45, 2.75) is 35.4 Å². The maximum Gasteiger partial charge on any atom is 0.248 e. The third kappa shape index (κ3) is 10.1. The lowest BCUT2D eigenvalue weighted by atomic mass is 10.0. The van der Waals surface area contributed by atoms with Gasteiger partial charge in [0.25, 0.3) is 0 Å². The van der Waals surface area contributed by atoms with Gasteiger partial charge in [-0.1, -0.05) is 180 Å². The van der Waals surface area contributed by atoms with E-state index in [-0.39, 0.29) is 11.8 Å². The number of nitrogens with one attached hydrogen (secondary N) is 2. The second-order valence-electron chi connectivity index (χ2n) is 15.9. The van der Waals surface area contributed by atoms with E-state index in [2.05, 4.69) is 10.6 Å². The van der Waals surface area contributed by atoms with Crippen LogP contribution in [-0.4, -0.2) is 40.9 Å². The summed E-state index contributed by atoms with van der Waals surface area (Å²) in [5.74, 6) is -0.205. The first-order chi connectivity index (χ1) is 33.1. The Balaban J connectivity index is 0.790. The normalized spacial score (nSPS) is 16.9. The van der Waals surface area contributed by atoms with E-state index in [1.54, 1.807) is 9.80 Å². The Morgan fingerprint density at radius 1 is 0.515 bits per heavy atom. The first kappa shape index (κ1) is 46.3. The summed E-state index contributed by atoms with van der Waals surface area (Å²) in [6.07, 6.45) is 1.54. The van der Waals surface area contributed by atoms with E-state index >= 15 is 0 Å². The van der Waals surface area contributed by atoms with Gasteiger partial charge in [-0.25, -0.2) is 9.97 Å². The predicted octanol–water partition coefficient (Wildman–Crippen LogP) is 14.2. The molecule has 4 heterocycles. The molecule has 4 atom stereocenters. The lowest BCUT2D eigenvalue weighted by molar-refractivity contribution is -0.117. The molecule has 0 bridgehead atoms. The Kier molecular flexibility index (Phi) is 14.1. The maximum atomic E-state index is 14.3. The largest absolute Gasteiger partial charge is 0.353 e. The Labute approximate surface area is 431 Å². The van der Waals surface area contributed by atoms with Gasteiger partial charge in [-0.15, -0.1) is 22.7 Å². The average Bonchev–Trinajstić information content (AvgIpc) is 4.17. The first-order valence-corrected chi connectivity index (χ1v) is 26.6. The van der Waals surface area contributed by atoms with Crippen molar-refractivity contribution >= 4 is 136 Å². The van der Waals surface area contributed by atoms with Crippen LogP contribution in [0.5, 0.6) is 0 Å². The van der Waals surface area contributed by atoms with Crippen LogP contribution < -0.4 is 20.4 Å². The molecule has 8 aromatic rings. The quantitative estimate of drug-likeness (QED) is 0.0968. The number of aryl methyl sites for hydroxylation is 2. The number of anilines is 4. The number of carbonyl (C=O) groups excluding carboxylic acids is 2. The van der Waals surface area contributed by atoms with E-state index in [4.69, 9.17) is 57.6 Å². The third-order valence-electron chi connectivity index (χ3n) is 11.6. The van der Waals surface area contributed by atoms with Crippen LogP contribution in [0.15, 0.2) is 168 Å². The highest BCUT2D eigenvalue weighted by atomic mass is 35.5. The van der Waals surface area contributed by atoms with Crippen LogP contribution in [-0.2, 0) is 22.4 Å². The number of amides is 2. The van der Waals surface area contributed by atoms with Gasteiger partial charge in [0.05, 0.1) is 34.8 Å². The molecule has 2 saturated heterocycles. The van der Waals surface area contributed by atoms with Crippen molar-refractivity contribution in [2.24, 2.45) is 0 Å². The smallest absolute Gasteiger partial charge is 0.248 e. The molecule has 338 valence electrons. The topological polar surface area (TPSA) is 90.5 Å². The highest BCUT2D eigenvalue weighted by Gasteiger charge is 2.45. The molecule has 2 aromatic heterocycles. The van der Waals surface area contributed by atoms with Crippen molar-refractivity contribution in [1.82, 2.24) is 9.97 Å². The summed E-state index contributed by atoms with van der Waals surface area (Å²) in [6, 6.07) is 50.3. The number of rotatable bonds is 15. The number of halogens is 2. The minimum atomic E-state index is -0.538. The summed E-state index contributed by atoms with van der Waals surface area (Å²) in [6.45, 7) is 0. The number of hydrogen-bond donors (Lipinski definition) is 2. The number of carbonyl (C=O) groups is 2. The number of thioether (sulfide) groups is 2. The van der Waals surface area contributed by atoms with Gasteiger partial charge >= 0.3 is 0 Å². The molecule has 10 rings (SSSR count). The second kappa shape index (κ2) is 20.7. The molecule has 2 amide bonds. The average molecular weight is 1040 g/mol. The Bertz CT molecular complexity index is 2890. The molecule has 0 saturated carbocycles. The predicted molar refractivity (Wildman–Crippen MR) is 294 cm³/mol. The van der Waals surface area contributed by atoms with Crippen LogP contribution in [0.25, 0.3) is 22.5 Å². The van der Waals surface area contributed by atoms with Crippen LogP contribution in [0.1, 0.15) is 34.3 Å². The van der Waals surface area contributed by atoms with Crippen molar-refractivity contribution in [3.63, 3.8) is 0 Å². The molecular formula is C52H38Cl2N6O2S6. The number of thiazole rings is 2. The molecule has 68 heavy (non-hydrogen) atoms. The van der Waals surface area contributed by atoms with Crippen molar-refractivity contribution in [2.75, 3.05) is 20.4 Å². The Morgan fingerprint density at radius 3 is 1.25 bits per heavy atom. The highest BCUT2D eigenvalue weighted by Crippen LogP contribution is 2.43. The van der Waals surface area contributed by atoms with E-state index in [1.165, 1.54) is 46.2 Å². The van der Waals surface area contributed by atoms with Gasteiger partial charge < -0.3 is 10.6 Å². The molecule has 2 fully saturated rings. The number of aromatic nitrogens is 2. The van der Waals surface area contributed by atoms with Crippen molar-refractivity contribution in [1.29, 1.82) is 0 Å². The van der Waals surface area contributed by atoms with E-state index in [0.717, 1.165) is 69.0 Å². The minimum absolute atomic E-state index is 0.102. The molecular weight excluding hydrogens is 1000 g/mol. The molecule has 0 spiro atoms. The molecule has 16 heteroatoms. The van der Waals surface area contributed by atoms with E-state index in [1.807, 2.05) is 168 Å². The lowest BCUT2D eigenvalue weighted by Gasteiger charge is -2.23. The van der Waals surface area contributed by atoms with E-state index in [9.17, 15) is 9.59 Å². The van der Waals surface area contributed by atoms with E-state index in [0.29, 0.717) is 28.9 Å². The monoisotopic (exact) mass is 1040 g/mol. The number of nitrogens with zero attached hydrogens (tertiary/aromatic N) is 4. The van der Waals surface area contributed by atoms with Crippen LogP contribution in [0.3, 0.4) is 0 Å². The number of thiocarbonyl (C=S) groups is 2. The second-order valence-corrected chi connectivity index (χ2v) is 22.1. The molecule has 0 radical (unpaired) electrons. The Morgan fingerprint density at radius 2 is 0.882 bits per heavy atom. The van der Waals surface area contributed by atoms with Gasteiger partial charge in [-0.05, 0) is 83.6 Å². The van der Waals surface area contributed by atoms with E-state index < -0.39 is 22.6 Å². The van der Waals surface area contributed by atoms with Crippen LogP contribution >= 0.6 is 93.8 Å². The molecule has 2 N–H and O–H groups in total. The molecule has 0 aliphatic carbocycles. The van der Waals surface area contributed by atoms with Gasteiger partial charge in [0.15, 0.2) is 10.3 Å². The van der Waals surface area contributed by atoms with Crippen molar-refractivity contribution < 1.29 is 9.59 Å². The highest BCUT2D eigenvalue weighted by molar-refractivity contribution is 8.25. The number of benzene rings is 6. The summed E-state index contributed by atoms with van der Waals surface area (Å²) in [4.78, 5) is 41.6. The summed E-state index contributed by atoms with van der Waals surface area (Å²) >= 11 is 30.0. The molecule has 6 aromatic carbocycles. The van der Waals surface area contributed by atoms with Gasteiger partial charge in [0.2, 0.25) is 11.8 Å². The maximum absolute atomic E-state index is 14.3. The minimum Gasteiger partial charge on any atom is -0.353 e. The number of hydrogen-bond acceptors (Lipinski definition) is 12. The van der Waals surface area contributed by atoms with Crippen LogP contribution in [0.2, 0.25) is 10.0 Å². The van der Waals surface area contributed by atoms with Crippen molar-refractivity contribution in [3.05, 3.63) is 201 Å². The van der Waals surface area contributed by atoms with Gasteiger partial charge in [0, 0.05) is 31.9 Å². The fraction of sp³-hybridized carbons (Fsp3) is 0.115. The van der Waals surface area contributed by atoms with Gasteiger partial charge in [-0.2, -0.15) is 0 Å². The molecule has 4 unspecified atom stereocenters. The fourth-order valence-electron chi connectivity index (χ4n) is 8.09. The van der Waals surface area contributed by atoms with Gasteiger partial charge in [0.1, 0.15) is 19.1 Å². The zero-order chi connectivity index (χ0) is 46.7. The van der Waals surface area contributed by atoms with Crippen LogP contribution in [0, 0.1) is 0 Å². The lowest BCUT2D eigenvalue weighted by Crippen LogP contribution is -2.35. The summed E-state index contributed by atoms with van der Waals surface area (Å²) in [7, 11) is 0. The van der Waals surface area contributed by atoms with Crippen LogP contribution in [0.4, 0.5) is 21.6 Å². The van der Waals surface area contributed by atoms with Gasteiger partial charge in [-0.3, -0.25) is 19.4 Å². The summed E-state index contributed by atoms with van der Waals surface area (Å²) in [5, 5.41) is 12.7. The molecule has 2 aliphatic heterocycles. The standard InChI is InChI=1S/C52H38Cl2N6O2S6/c53-37-21-17-35(18-22-37)43(57-49-55-41(29-65-49)33-7-3-1-4-8-33)45-47(61)59(51(63)67-45)39-25-13-31(14-26-39)11-12-32-15-27-40(28-16-32)60-48(62)46(68-52(60)64)44(36-19-23-38(54)24-20-36)58-50-56-42(30-66-50)34-9-5-2-6-10-34/h1-10,13-30,43-46H,11-12H2,(H,55,57)(H,56,58). The summed E-state index contributed by atoms with van der Waals surface area (Å²) in [5.41, 5.74) is 9.26. The molecule has 8 nitrogen and oxygen atoms in total. The SMILES string of the molecule is O=C1C(C(Nc2nc(-c3ccccc3)cs2)c2ccc(Cl)cc2)SC(=S)N1c1ccc(CCc2ccc(N3C(=O)C(C(Nc4nc(-c5ccccc5)cs4)c4ccc(Cl)cc4)SC3=S)cc2)cc1. The Hall–Kier alpha value is -5.42. The summed E-state index contributed by atoms with van der Waals surface area (Å²) < 4.78 is 0.985. The zero-order valence-electron chi connectivity index (χ0n) is 35.7. The first-order valence-electron chi connectivity index (χ1n) is 21.5. The fourth-order valence-corrected chi connectivity index (χ4v) is 13.0. The van der Waals surface area contributed by atoms with Crippen molar-refractivity contribution in [3.8, 4) is 22.5 Å². The molecule has 2 aliphatic rings.